The lowest BCUT2D eigenvalue weighted by Crippen LogP contribution is -2.61. The van der Waals surface area contributed by atoms with E-state index in [0.29, 0.717) is 42.3 Å². The average Bonchev–Trinajstić information content (AvgIpc) is 3.41. The van der Waals surface area contributed by atoms with Crippen molar-refractivity contribution in [2.45, 2.75) is 87.4 Å². The number of nitrogens with zero attached hydrogens (tertiary/aromatic N) is 1. The lowest BCUT2D eigenvalue weighted by atomic mass is 9.53. The molecule has 6 rings (SSSR count). The minimum atomic E-state index is -1.30. The molecular formula is C31H37Cl2FN4O4. The molecule has 226 valence electrons. The number of amides is 2. The van der Waals surface area contributed by atoms with Crippen LogP contribution in [0.3, 0.4) is 0 Å². The van der Waals surface area contributed by atoms with E-state index in [4.69, 9.17) is 32.7 Å². The van der Waals surface area contributed by atoms with E-state index in [1.165, 1.54) is 6.20 Å². The topological polar surface area (TPSA) is 102 Å². The summed E-state index contributed by atoms with van der Waals surface area (Å²) in [6.45, 7) is 5.27. The van der Waals surface area contributed by atoms with Gasteiger partial charge < -0.3 is 20.1 Å². The zero-order valence-corrected chi connectivity index (χ0v) is 25.6. The summed E-state index contributed by atoms with van der Waals surface area (Å²) in [5, 5.41) is 10.1. The molecule has 3 fully saturated rings. The number of anilines is 1. The van der Waals surface area contributed by atoms with Crippen LogP contribution in [0.25, 0.3) is 0 Å². The fourth-order valence-electron chi connectivity index (χ4n) is 7.86. The van der Waals surface area contributed by atoms with Gasteiger partial charge in [-0.05, 0) is 73.3 Å². The molecule has 1 aromatic heterocycles. The van der Waals surface area contributed by atoms with Gasteiger partial charge in [0.1, 0.15) is 5.41 Å². The molecule has 4 aliphatic rings. The van der Waals surface area contributed by atoms with Crippen LogP contribution >= 0.6 is 23.2 Å². The van der Waals surface area contributed by atoms with E-state index >= 15 is 4.39 Å². The van der Waals surface area contributed by atoms with Gasteiger partial charge >= 0.3 is 0 Å². The molecule has 0 bridgehead atoms. The standard InChI is InChI=1S/C31H37Cl2FN4O4/c1-29(2)9-11-30(12-10-29)31(21-7-4-17(32)14-22(21)37-28(31)40)23(20-8-13-35-26(33)24(20)34)25(38-30)27(39)36-18-5-6-19(16-41-3)42-15-18/h4,7-8,13-14,18-19,23,25,38H,5-6,9-12,15-16H2,1-3H3,(H,36,39)(H,37,40)/t18-,19+,23+,25-,31-/m1/s1. The van der Waals surface area contributed by atoms with Gasteiger partial charge in [0.05, 0.1) is 31.4 Å². The Morgan fingerprint density at radius 3 is 2.64 bits per heavy atom. The van der Waals surface area contributed by atoms with Crippen molar-refractivity contribution in [3.63, 3.8) is 0 Å². The lowest BCUT2D eigenvalue weighted by molar-refractivity contribution is -0.126. The summed E-state index contributed by atoms with van der Waals surface area (Å²) in [5.41, 5.74) is -0.598. The van der Waals surface area contributed by atoms with Crippen LogP contribution < -0.4 is 16.0 Å². The molecule has 2 amide bonds. The second-order valence-corrected chi connectivity index (χ2v) is 13.8. The molecule has 1 aromatic carbocycles. The largest absolute Gasteiger partial charge is 0.382 e. The molecule has 1 aliphatic carbocycles. The summed E-state index contributed by atoms with van der Waals surface area (Å²) < 4.78 is 27.1. The minimum Gasteiger partial charge on any atom is -0.382 e. The third kappa shape index (κ3) is 4.72. The van der Waals surface area contributed by atoms with Gasteiger partial charge in [-0.15, -0.1) is 0 Å². The highest BCUT2D eigenvalue weighted by molar-refractivity contribution is 6.31. The van der Waals surface area contributed by atoms with Crippen LogP contribution in [0.2, 0.25) is 10.2 Å². The first-order valence-corrected chi connectivity index (χ1v) is 15.4. The number of aromatic nitrogens is 1. The average molecular weight is 620 g/mol. The maximum absolute atomic E-state index is 16.0. The van der Waals surface area contributed by atoms with Crippen molar-refractivity contribution < 1.29 is 23.5 Å². The quantitative estimate of drug-likeness (QED) is 0.402. The number of ether oxygens (including phenoxy) is 2. The molecule has 3 N–H and O–H groups in total. The van der Waals surface area contributed by atoms with Crippen LogP contribution in [-0.4, -0.2) is 60.8 Å². The zero-order chi connectivity index (χ0) is 29.9. The molecule has 5 atom stereocenters. The summed E-state index contributed by atoms with van der Waals surface area (Å²) >= 11 is 12.6. The predicted octanol–water partition coefficient (Wildman–Crippen LogP) is 5.12. The summed E-state index contributed by atoms with van der Waals surface area (Å²) in [6.07, 6.45) is 5.79. The number of nitrogens with one attached hydrogen (secondary N) is 3. The Kier molecular flexibility index (Phi) is 7.80. The van der Waals surface area contributed by atoms with E-state index in [1.807, 2.05) is 6.07 Å². The highest BCUT2D eigenvalue weighted by Crippen LogP contribution is 2.64. The molecule has 0 unspecified atom stereocenters. The highest BCUT2D eigenvalue weighted by Gasteiger charge is 2.73. The van der Waals surface area contributed by atoms with E-state index in [1.54, 1.807) is 25.3 Å². The maximum atomic E-state index is 16.0. The van der Waals surface area contributed by atoms with E-state index in [-0.39, 0.29) is 40.1 Å². The fourth-order valence-corrected chi connectivity index (χ4v) is 8.19. The van der Waals surface area contributed by atoms with Gasteiger partial charge in [-0.2, -0.15) is 0 Å². The molecule has 2 aromatic rings. The smallest absolute Gasteiger partial charge is 0.238 e. The minimum absolute atomic E-state index is 0.0174. The Morgan fingerprint density at radius 2 is 1.95 bits per heavy atom. The van der Waals surface area contributed by atoms with Crippen LogP contribution in [0.4, 0.5) is 10.1 Å². The van der Waals surface area contributed by atoms with Crippen molar-refractivity contribution >= 4 is 40.7 Å². The monoisotopic (exact) mass is 618 g/mol. The van der Waals surface area contributed by atoms with E-state index < -0.39 is 28.7 Å². The molecule has 2 spiro atoms. The highest BCUT2D eigenvalue weighted by atomic mass is 35.5. The van der Waals surface area contributed by atoms with Gasteiger partial charge in [-0.3, -0.25) is 14.9 Å². The number of carbonyl (C=O) groups is 2. The maximum Gasteiger partial charge on any atom is 0.238 e. The number of hydrogen-bond acceptors (Lipinski definition) is 6. The number of pyridine rings is 1. The van der Waals surface area contributed by atoms with Crippen LogP contribution in [0.15, 0.2) is 30.5 Å². The van der Waals surface area contributed by atoms with Crippen LogP contribution in [-0.2, 0) is 24.5 Å². The van der Waals surface area contributed by atoms with Crippen LogP contribution in [0, 0.1) is 11.2 Å². The molecule has 4 heterocycles. The summed E-state index contributed by atoms with van der Waals surface area (Å²) in [6, 6.07) is 5.71. The molecule has 42 heavy (non-hydrogen) atoms. The second kappa shape index (κ2) is 11.0. The van der Waals surface area contributed by atoms with Crippen molar-refractivity contribution in [2.24, 2.45) is 5.41 Å². The molecule has 0 radical (unpaired) electrons. The molecule has 11 heteroatoms. The molecule has 1 saturated carbocycles. The Balaban J connectivity index is 1.48. The SMILES string of the molecule is COC[C@@H]1CC[C@@H](NC(=O)[C@@H]2NC3(CCC(C)(C)CC3)[C@@]3(C(=O)Nc4cc(Cl)ccc43)[C@H]2c2ccnc(Cl)c2F)CO1. The van der Waals surface area contributed by atoms with Crippen molar-refractivity contribution in [1.29, 1.82) is 0 Å². The van der Waals surface area contributed by atoms with Gasteiger partial charge in [-0.25, -0.2) is 9.37 Å². The van der Waals surface area contributed by atoms with Gasteiger partial charge in [0.2, 0.25) is 11.8 Å². The molecule has 3 aliphatic heterocycles. The van der Waals surface area contributed by atoms with Crippen molar-refractivity contribution in [3.05, 3.63) is 57.6 Å². The Bertz CT molecular complexity index is 1390. The summed E-state index contributed by atoms with van der Waals surface area (Å²) in [5.74, 6) is -2.22. The fraction of sp³-hybridized carbons (Fsp3) is 0.581. The normalized spacial score (nSPS) is 31.2. The third-order valence-corrected chi connectivity index (χ3v) is 10.5. The van der Waals surface area contributed by atoms with Crippen molar-refractivity contribution in [1.82, 2.24) is 15.6 Å². The number of halogens is 3. The van der Waals surface area contributed by atoms with Gasteiger partial charge in [0.15, 0.2) is 11.0 Å². The van der Waals surface area contributed by atoms with Gasteiger partial charge in [0, 0.05) is 35.5 Å². The number of fused-ring (bicyclic) bond motifs is 3. The second-order valence-electron chi connectivity index (χ2n) is 13.0. The van der Waals surface area contributed by atoms with E-state index in [0.717, 1.165) is 25.7 Å². The first kappa shape index (κ1) is 29.8. The molecular weight excluding hydrogens is 582 g/mol. The Labute approximate surface area is 255 Å². The predicted molar refractivity (Wildman–Crippen MR) is 158 cm³/mol. The lowest BCUT2D eigenvalue weighted by Gasteiger charge is -2.50. The third-order valence-electron chi connectivity index (χ3n) is 10.0. The number of hydrogen-bond donors (Lipinski definition) is 3. The number of carbonyl (C=O) groups excluding carboxylic acids is 2. The van der Waals surface area contributed by atoms with E-state index in [2.05, 4.69) is 34.8 Å². The summed E-state index contributed by atoms with van der Waals surface area (Å²) in [7, 11) is 1.64. The Hall–Kier alpha value is -2.30. The van der Waals surface area contributed by atoms with E-state index in [9.17, 15) is 9.59 Å². The first-order valence-electron chi connectivity index (χ1n) is 14.6. The van der Waals surface area contributed by atoms with Crippen molar-refractivity contribution in [3.8, 4) is 0 Å². The van der Waals surface area contributed by atoms with Gasteiger partial charge in [0.25, 0.3) is 0 Å². The number of rotatable bonds is 5. The summed E-state index contributed by atoms with van der Waals surface area (Å²) in [4.78, 5) is 32.7. The number of methoxy groups -OCH3 is 1. The zero-order valence-electron chi connectivity index (χ0n) is 24.1. The molecule has 2 saturated heterocycles. The van der Waals surface area contributed by atoms with Gasteiger partial charge in [-0.1, -0.05) is 43.1 Å². The Morgan fingerprint density at radius 1 is 1.19 bits per heavy atom. The first-order chi connectivity index (χ1) is 20.0. The van der Waals surface area contributed by atoms with Crippen molar-refractivity contribution in [2.75, 3.05) is 25.6 Å². The number of benzene rings is 1. The van der Waals surface area contributed by atoms with Crippen LogP contribution in [0.1, 0.15) is 69.4 Å². The van der Waals surface area contributed by atoms with Crippen LogP contribution in [0.5, 0.6) is 0 Å². The molecule has 8 nitrogen and oxygen atoms in total.